The van der Waals surface area contributed by atoms with Crippen LogP contribution in [0.15, 0.2) is 0 Å². The van der Waals surface area contributed by atoms with Crippen LogP contribution in [-0.4, -0.2) is 31.1 Å². The summed E-state index contributed by atoms with van der Waals surface area (Å²) >= 11 is 4.57. The van der Waals surface area contributed by atoms with Gasteiger partial charge in [-0.25, -0.2) is 13.1 Å². The van der Waals surface area contributed by atoms with Crippen LogP contribution in [0, 0.1) is 0 Å². The van der Waals surface area contributed by atoms with Crippen molar-refractivity contribution in [1.82, 2.24) is 4.72 Å². The molecule has 6 heteroatoms. The Labute approximate surface area is 86.9 Å². The lowest BCUT2D eigenvalue weighted by Crippen LogP contribution is -2.36. The Kier molecular flexibility index (Phi) is 6.62. The molecule has 0 radical (unpaired) electrons. The fraction of sp³-hybridized carbons (Fsp3) is 1.00. The molecule has 0 fully saturated rings. The van der Waals surface area contributed by atoms with Gasteiger partial charge in [0.05, 0.1) is 0 Å². The number of hydrogen-bond donors (Lipinski definition) is 1. The third kappa shape index (κ3) is 5.40. The molecule has 0 saturated heterocycles. The normalized spacial score (nSPS) is 14.6. The number of sulfonamides is 1. The van der Waals surface area contributed by atoms with Crippen molar-refractivity contribution in [2.24, 2.45) is 0 Å². The SMILES string of the molecule is CCC(CSC)NS(=O)(=O)CBr. The minimum absolute atomic E-state index is 0.0229. The highest BCUT2D eigenvalue weighted by molar-refractivity contribution is 9.10. The van der Waals surface area contributed by atoms with Crippen LogP contribution in [0.5, 0.6) is 0 Å². The predicted molar refractivity (Wildman–Crippen MR) is 58.3 cm³/mol. The standard InChI is InChI=1S/C6H14BrNO2S2/c1-3-6(4-11-2)8-12(9,10)5-7/h6,8H,3-5H2,1-2H3. The number of nitrogens with one attached hydrogen (secondary N) is 1. The second kappa shape index (κ2) is 6.23. The van der Waals surface area contributed by atoms with Gasteiger partial charge in [-0.1, -0.05) is 22.9 Å². The molecule has 0 aliphatic rings. The topological polar surface area (TPSA) is 46.2 Å². The van der Waals surface area contributed by atoms with Crippen LogP contribution in [0.1, 0.15) is 13.3 Å². The fourth-order valence-corrected chi connectivity index (χ4v) is 2.77. The van der Waals surface area contributed by atoms with E-state index in [-0.39, 0.29) is 10.7 Å². The first-order valence-corrected chi connectivity index (χ1v) is 7.77. The number of hydrogen-bond acceptors (Lipinski definition) is 3. The Morgan fingerprint density at radius 1 is 1.58 bits per heavy atom. The van der Waals surface area contributed by atoms with Gasteiger partial charge in [0, 0.05) is 11.8 Å². The van der Waals surface area contributed by atoms with Crippen LogP contribution in [0.2, 0.25) is 0 Å². The van der Waals surface area contributed by atoms with E-state index in [9.17, 15) is 8.42 Å². The summed E-state index contributed by atoms with van der Waals surface area (Å²) < 4.78 is 24.7. The first-order chi connectivity index (χ1) is 5.55. The van der Waals surface area contributed by atoms with E-state index >= 15 is 0 Å². The highest BCUT2D eigenvalue weighted by Gasteiger charge is 2.13. The molecule has 0 bridgehead atoms. The molecule has 0 amide bonds. The Balaban J connectivity index is 4.02. The summed E-state index contributed by atoms with van der Waals surface area (Å²) in [6.07, 6.45) is 2.79. The summed E-state index contributed by atoms with van der Waals surface area (Å²) in [5, 5.41) is 0. The van der Waals surface area contributed by atoms with E-state index in [1.54, 1.807) is 11.8 Å². The second-order valence-corrected chi connectivity index (χ2v) is 6.37. The van der Waals surface area contributed by atoms with Gasteiger partial charge in [0.25, 0.3) is 0 Å². The zero-order valence-electron chi connectivity index (χ0n) is 7.21. The maximum Gasteiger partial charge on any atom is 0.221 e. The molecule has 0 aromatic heterocycles. The van der Waals surface area contributed by atoms with Crippen molar-refractivity contribution >= 4 is 37.7 Å². The number of alkyl halides is 1. The van der Waals surface area contributed by atoms with E-state index in [0.717, 1.165) is 12.2 Å². The highest BCUT2D eigenvalue weighted by Crippen LogP contribution is 2.03. The first-order valence-electron chi connectivity index (χ1n) is 3.60. The molecule has 0 aromatic carbocycles. The average Bonchev–Trinajstić information content (AvgIpc) is 2.03. The quantitative estimate of drug-likeness (QED) is 0.746. The van der Waals surface area contributed by atoms with Gasteiger partial charge in [0.15, 0.2) is 0 Å². The van der Waals surface area contributed by atoms with Gasteiger partial charge >= 0.3 is 0 Å². The molecule has 12 heavy (non-hydrogen) atoms. The Morgan fingerprint density at radius 2 is 2.17 bits per heavy atom. The highest BCUT2D eigenvalue weighted by atomic mass is 79.9. The molecule has 0 rings (SSSR count). The largest absolute Gasteiger partial charge is 0.221 e. The molecule has 0 aromatic rings. The molecule has 0 spiro atoms. The van der Waals surface area contributed by atoms with Crippen molar-refractivity contribution in [1.29, 1.82) is 0 Å². The summed E-state index contributed by atoms with van der Waals surface area (Å²) in [7, 11) is -3.10. The van der Waals surface area contributed by atoms with E-state index in [2.05, 4.69) is 20.7 Å². The van der Waals surface area contributed by atoms with Crippen LogP contribution in [0.4, 0.5) is 0 Å². The number of rotatable bonds is 6. The van der Waals surface area contributed by atoms with Crippen LogP contribution < -0.4 is 4.72 Å². The molecule has 1 unspecified atom stereocenters. The zero-order valence-corrected chi connectivity index (χ0v) is 10.4. The molecule has 1 atom stereocenters. The summed E-state index contributed by atoms with van der Waals surface area (Å²) in [5.74, 6) is 0.822. The Hall–Kier alpha value is 0.740. The van der Waals surface area contributed by atoms with Gasteiger partial charge in [-0.15, -0.1) is 0 Å². The molecule has 74 valence electrons. The second-order valence-electron chi connectivity index (χ2n) is 2.40. The van der Waals surface area contributed by atoms with Crippen LogP contribution >= 0.6 is 27.7 Å². The van der Waals surface area contributed by atoms with Gasteiger partial charge in [-0.2, -0.15) is 11.8 Å². The van der Waals surface area contributed by atoms with Crippen LogP contribution in [0.25, 0.3) is 0 Å². The van der Waals surface area contributed by atoms with Crippen molar-refractivity contribution in [2.75, 3.05) is 16.7 Å². The molecule has 0 aliphatic heterocycles. The summed E-state index contributed by atoms with van der Waals surface area (Å²) in [4.78, 5) is 0. The van der Waals surface area contributed by atoms with Crippen LogP contribution in [-0.2, 0) is 10.0 Å². The van der Waals surface area contributed by atoms with Gasteiger partial charge in [0.1, 0.15) is 4.66 Å². The summed E-state index contributed by atoms with van der Waals surface area (Å²) in [6.45, 7) is 1.97. The lowest BCUT2D eigenvalue weighted by Gasteiger charge is -2.14. The average molecular weight is 276 g/mol. The smallest absolute Gasteiger partial charge is 0.212 e. The fourth-order valence-electron chi connectivity index (χ4n) is 0.722. The maximum atomic E-state index is 11.1. The Morgan fingerprint density at radius 3 is 2.50 bits per heavy atom. The number of thioether (sulfide) groups is 1. The van der Waals surface area contributed by atoms with Crippen molar-refractivity contribution < 1.29 is 8.42 Å². The zero-order chi connectivity index (χ0) is 9.61. The summed E-state index contributed by atoms with van der Waals surface area (Å²) in [5.41, 5.74) is 0. The van der Waals surface area contributed by atoms with Gasteiger partial charge in [0.2, 0.25) is 10.0 Å². The van der Waals surface area contributed by atoms with Crippen molar-refractivity contribution in [3.8, 4) is 0 Å². The third-order valence-electron chi connectivity index (χ3n) is 1.35. The lowest BCUT2D eigenvalue weighted by molar-refractivity contribution is 0.563. The van der Waals surface area contributed by atoms with E-state index in [0.29, 0.717) is 0 Å². The molecule has 1 N–H and O–H groups in total. The van der Waals surface area contributed by atoms with Crippen LogP contribution in [0.3, 0.4) is 0 Å². The minimum Gasteiger partial charge on any atom is -0.212 e. The number of halogens is 1. The molecular weight excluding hydrogens is 262 g/mol. The molecular formula is C6H14BrNO2S2. The van der Waals surface area contributed by atoms with E-state index in [1.807, 2.05) is 13.2 Å². The molecule has 0 saturated carbocycles. The molecule has 0 aliphatic carbocycles. The lowest BCUT2D eigenvalue weighted by atomic mass is 10.3. The molecule has 3 nitrogen and oxygen atoms in total. The summed E-state index contributed by atoms with van der Waals surface area (Å²) in [6, 6.07) is 0.0579. The van der Waals surface area contributed by atoms with Gasteiger partial charge in [-0.05, 0) is 12.7 Å². The van der Waals surface area contributed by atoms with Crippen molar-refractivity contribution in [2.45, 2.75) is 19.4 Å². The maximum absolute atomic E-state index is 11.1. The minimum atomic E-state index is -3.10. The Bertz CT molecular complexity index is 206. The first kappa shape index (κ1) is 12.7. The predicted octanol–water partition coefficient (Wildman–Crippen LogP) is 1.40. The van der Waals surface area contributed by atoms with E-state index < -0.39 is 10.0 Å². The van der Waals surface area contributed by atoms with E-state index in [1.165, 1.54) is 0 Å². The third-order valence-corrected chi connectivity index (χ3v) is 4.87. The van der Waals surface area contributed by atoms with E-state index in [4.69, 9.17) is 0 Å². The van der Waals surface area contributed by atoms with Gasteiger partial charge in [-0.3, -0.25) is 0 Å². The van der Waals surface area contributed by atoms with Gasteiger partial charge < -0.3 is 0 Å². The van der Waals surface area contributed by atoms with Crippen molar-refractivity contribution in [3.05, 3.63) is 0 Å². The van der Waals surface area contributed by atoms with Crippen molar-refractivity contribution in [3.63, 3.8) is 0 Å². The molecule has 0 heterocycles. The monoisotopic (exact) mass is 275 g/mol.